The van der Waals surface area contributed by atoms with Gasteiger partial charge in [0.1, 0.15) is 0 Å². The van der Waals surface area contributed by atoms with Crippen molar-refractivity contribution < 1.29 is 0 Å². The second-order valence-corrected chi connectivity index (χ2v) is 4.82. The first-order valence-electron chi connectivity index (χ1n) is 5.31. The van der Waals surface area contributed by atoms with Crippen molar-refractivity contribution in [1.82, 2.24) is 14.8 Å². The summed E-state index contributed by atoms with van der Waals surface area (Å²) in [5.41, 5.74) is 9.16. The Bertz CT molecular complexity index is 472. The Morgan fingerprint density at radius 2 is 2.25 bits per heavy atom. The molecule has 0 saturated heterocycles. The average Bonchev–Trinajstić information content (AvgIpc) is 2.86. The van der Waals surface area contributed by atoms with Gasteiger partial charge in [0.2, 0.25) is 5.13 Å². The van der Waals surface area contributed by atoms with E-state index in [1.807, 2.05) is 17.0 Å². The lowest BCUT2D eigenvalue weighted by molar-refractivity contribution is 0.759. The summed E-state index contributed by atoms with van der Waals surface area (Å²) in [6, 6.07) is 0. The lowest BCUT2D eigenvalue weighted by Gasteiger charge is -2.08. The Kier molecular flexibility index (Phi) is 3.07. The first-order valence-corrected chi connectivity index (χ1v) is 6.19. The number of aryl methyl sites for hydroxylation is 1. The van der Waals surface area contributed by atoms with Crippen LogP contribution in [0, 0.1) is 13.8 Å². The van der Waals surface area contributed by atoms with Crippen molar-refractivity contribution in [3.63, 3.8) is 0 Å². The van der Waals surface area contributed by atoms with E-state index in [4.69, 9.17) is 5.73 Å². The van der Waals surface area contributed by atoms with Gasteiger partial charge in [-0.3, -0.25) is 0 Å². The highest BCUT2D eigenvalue weighted by Gasteiger charge is 2.17. The number of hydrogen-bond donors (Lipinski definition) is 1. The number of rotatable bonds is 3. The van der Waals surface area contributed by atoms with Crippen LogP contribution in [0.4, 0.5) is 0 Å². The number of nitrogens with zero attached hydrogens (tertiary/aromatic N) is 3. The summed E-state index contributed by atoms with van der Waals surface area (Å²) in [6.45, 7) is 6.87. The van der Waals surface area contributed by atoms with Crippen molar-refractivity contribution >= 4 is 11.3 Å². The van der Waals surface area contributed by atoms with Crippen LogP contribution in [-0.2, 0) is 0 Å². The Balaban J connectivity index is 2.51. The van der Waals surface area contributed by atoms with Crippen molar-refractivity contribution in [2.45, 2.75) is 26.7 Å². The molecule has 0 spiro atoms. The zero-order chi connectivity index (χ0) is 11.7. The standard InChI is InChI=1S/C11H16N4S/c1-7(6-12)10-8(2)14-15(9(10)3)11-13-4-5-16-11/h4-5,7H,6,12H2,1-3H3. The fourth-order valence-electron chi connectivity index (χ4n) is 1.99. The van der Waals surface area contributed by atoms with Crippen LogP contribution in [0.3, 0.4) is 0 Å². The highest BCUT2D eigenvalue weighted by molar-refractivity contribution is 7.12. The third-order valence-electron chi connectivity index (χ3n) is 2.79. The monoisotopic (exact) mass is 236 g/mol. The molecule has 0 aliphatic heterocycles. The smallest absolute Gasteiger partial charge is 0.210 e. The zero-order valence-electron chi connectivity index (χ0n) is 9.77. The molecular weight excluding hydrogens is 220 g/mol. The van der Waals surface area contributed by atoms with E-state index in [1.165, 1.54) is 5.56 Å². The van der Waals surface area contributed by atoms with Crippen LogP contribution in [-0.4, -0.2) is 21.3 Å². The largest absolute Gasteiger partial charge is 0.330 e. The van der Waals surface area contributed by atoms with Gasteiger partial charge in [-0.1, -0.05) is 6.92 Å². The van der Waals surface area contributed by atoms with Crippen molar-refractivity contribution in [1.29, 1.82) is 0 Å². The topological polar surface area (TPSA) is 56.7 Å². The molecule has 4 nitrogen and oxygen atoms in total. The molecular formula is C11H16N4S. The first kappa shape index (κ1) is 11.3. The van der Waals surface area contributed by atoms with Crippen LogP contribution in [0.25, 0.3) is 5.13 Å². The summed E-state index contributed by atoms with van der Waals surface area (Å²) in [5.74, 6) is 0.341. The van der Waals surface area contributed by atoms with Crippen molar-refractivity contribution in [2.75, 3.05) is 6.54 Å². The summed E-state index contributed by atoms with van der Waals surface area (Å²) in [5, 5.41) is 7.40. The highest BCUT2D eigenvalue weighted by atomic mass is 32.1. The number of nitrogens with two attached hydrogens (primary N) is 1. The van der Waals surface area contributed by atoms with Crippen LogP contribution in [0.5, 0.6) is 0 Å². The molecule has 0 bridgehead atoms. The third-order valence-corrected chi connectivity index (χ3v) is 3.54. The lowest BCUT2D eigenvalue weighted by Crippen LogP contribution is -2.10. The van der Waals surface area contributed by atoms with Gasteiger partial charge >= 0.3 is 0 Å². The molecule has 0 fully saturated rings. The third kappa shape index (κ3) is 1.76. The van der Waals surface area contributed by atoms with Crippen molar-refractivity contribution in [3.05, 3.63) is 28.5 Å². The van der Waals surface area contributed by atoms with Gasteiger partial charge in [0, 0.05) is 22.8 Å². The maximum atomic E-state index is 5.72. The predicted molar refractivity (Wildman–Crippen MR) is 66.2 cm³/mol. The maximum absolute atomic E-state index is 5.72. The van der Waals surface area contributed by atoms with Gasteiger partial charge in [-0.2, -0.15) is 5.10 Å². The SMILES string of the molecule is Cc1nn(-c2nccs2)c(C)c1C(C)CN. The summed E-state index contributed by atoms with van der Waals surface area (Å²) in [7, 11) is 0. The molecule has 0 amide bonds. The normalized spacial score (nSPS) is 13.0. The Hall–Kier alpha value is -1.20. The molecule has 0 aliphatic carbocycles. The second kappa shape index (κ2) is 4.35. The molecule has 16 heavy (non-hydrogen) atoms. The summed E-state index contributed by atoms with van der Waals surface area (Å²) in [4.78, 5) is 4.27. The molecule has 2 N–H and O–H groups in total. The quantitative estimate of drug-likeness (QED) is 0.887. The minimum atomic E-state index is 0.341. The van der Waals surface area contributed by atoms with Crippen LogP contribution < -0.4 is 5.73 Å². The first-order chi connectivity index (χ1) is 7.65. The van der Waals surface area contributed by atoms with E-state index in [0.717, 1.165) is 16.5 Å². The molecule has 1 unspecified atom stereocenters. The minimum absolute atomic E-state index is 0.341. The number of hydrogen-bond acceptors (Lipinski definition) is 4. The highest BCUT2D eigenvalue weighted by Crippen LogP contribution is 2.25. The van der Waals surface area contributed by atoms with E-state index in [-0.39, 0.29) is 0 Å². The molecule has 2 aromatic heterocycles. The molecule has 86 valence electrons. The molecule has 0 saturated carbocycles. The van der Waals surface area contributed by atoms with Crippen molar-refractivity contribution in [2.24, 2.45) is 5.73 Å². The van der Waals surface area contributed by atoms with Gasteiger partial charge in [-0.05, 0) is 26.3 Å². The van der Waals surface area contributed by atoms with E-state index in [0.29, 0.717) is 12.5 Å². The van der Waals surface area contributed by atoms with Gasteiger partial charge in [0.05, 0.1) is 5.69 Å². The second-order valence-electron chi connectivity index (χ2n) is 3.95. The molecule has 2 heterocycles. The average molecular weight is 236 g/mol. The number of thiazole rings is 1. The van der Waals surface area contributed by atoms with Crippen LogP contribution >= 0.6 is 11.3 Å². The van der Waals surface area contributed by atoms with Crippen LogP contribution in [0.1, 0.15) is 29.8 Å². The number of aromatic nitrogens is 3. The van der Waals surface area contributed by atoms with Gasteiger partial charge < -0.3 is 5.73 Å². The maximum Gasteiger partial charge on any atom is 0.210 e. The fourth-order valence-corrected chi connectivity index (χ4v) is 2.64. The molecule has 0 aromatic carbocycles. The summed E-state index contributed by atoms with van der Waals surface area (Å²) in [6.07, 6.45) is 1.79. The fraction of sp³-hybridized carbons (Fsp3) is 0.455. The molecule has 2 aromatic rings. The van der Waals surface area contributed by atoms with E-state index >= 15 is 0 Å². The molecule has 0 aliphatic rings. The van der Waals surface area contributed by atoms with Crippen molar-refractivity contribution in [3.8, 4) is 5.13 Å². The van der Waals surface area contributed by atoms with E-state index < -0.39 is 0 Å². The van der Waals surface area contributed by atoms with Gasteiger partial charge in [-0.15, -0.1) is 11.3 Å². The van der Waals surface area contributed by atoms with E-state index in [2.05, 4.69) is 23.9 Å². The zero-order valence-corrected chi connectivity index (χ0v) is 10.6. The van der Waals surface area contributed by atoms with Gasteiger partial charge in [-0.25, -0.2) is 9.67 Å². The summed E-state index contributed by atoms with van der Waals surface area (Å²) >= 11 is 1.59. The van der Waals surface area contributed by atoms with E-state index in [1.54, 1.807) is 17.5 Å². The Morgan fingerprint density at radius 1 is 1.50 bits per heavy atom. The lowest BCUT2D eigenvalue weighted by atomic mass is 10.00. The Morgan fingerprint density at radius 3 is 2.81 bits per heavy atom. The van der Waals surface area contributed by atoms with Crippen LogP contribution in [0.2, 0.25) is 0 Å². The van der Waals surface area contributed by atoms with E-state index in [9.17, 15) is 0 Å². The van der Waals surface area contributed by atoms with Crippen LogP contribution in [0.15, 0.2) is 11.6 Å². The van der Waals surface area contributed by atoms with Gasteiger partial charge in [0.25, 0.3) is 0 Å². The molecule has 5 heteroatoms. The molecule has 1 atom stereocenters. The summed E-state index contributed by atoms with van der Waals surface area (Å²) < 4.78 is 1.90. The predicted octanol–water partition coefficient (Wildman–Crippen LogP) is 2.01. The molecule has 0 radical (unpaired) electrons. The Labute approximate surface area is 99.1 Å². The van der Waals surface area contributed by atoms with Gasteiger partial charge in [0.15, 0.2) is 0 Å². The molecule has 2 rings (SSSR count). The minimum Gasteiger partial charge on any atom is -0.330 e.